The Balaban J connectivity index is 1.91. The van der Waals surface area contributed by atoms with Crippen molar-refractivity contribution in [2.75, 3.05) is 27.9 Å². The van der Waals surface area contributed by atoms with Gasteiger partial charge in [-0.25, -0.2) is 9.69 Å². The van der Waals surface area contributed by atoms with E-state index in [2.05, 4.69) is 0 Å². The molecule has 0 spiro atoms. The molecule has 1 aliphatic rings. The third kappa shape index (κ3) is 3.67. The van der Waals surface area contributed by atoms with Crippen molar-refractivity contribution in [1.82, 2.24) is 4.90 Å². The third-order valence-corrected chi connectivity index (χ3v) is 4.47. The number of benzene rings is 2. The van der Waals surface area contributed by atoms with E-state index in [9.17, 15) is 9.59 Å². The smallest absolute Gasteiger partial charge is 0.417 e. The molecule has 1 heterocycles. The highest BCUT2D eigenvalue weighted by atomic mass is 16.6. The summed E-state index contributed by atoms with van der Waals surface area (Å²) in [5.74, 6) is 1.04. The maximum Gasteiger partial charge on any atom is 0.417 e. The lowest BCUT2D eigenvalue weighted by molar-refractivity contribution is -0.128. The summed E-state index contributed by atoms with van der Waals surface area (Å²) >= 11 is 0. The van der Waals surface area contributed by atoms with Crippen LogP contribution in [-0.4, -0.2) is 44.8 Å². The van der Waals surface area contributed by atoms with E-state index in [0.717, 1.165) is 10.5 Å². The first-order valence-electron chi connectivity index (χ1n) is 8.41. The molecule has 1 aliphatic heterocycles. The number of cyclic esters (lactones) is 1. The van der Waals surface area contributed by atoms with Crippen molar-refractivity contribution in [3.63, 3.8) is 0 Å². The molecule has 2 aromatic carbocycles. The summed E-state index contributed by atoms with van der Waals surface area (Å²) in [5.41, 5.74) is 1.38. The molecule has 1 atom stereocenters. The average molecular weight is 371 g/mol. The van der Waals surface area contributed by atoms with Gasteiger partial charge in [0.05, 0.1) is 27.8 Å². The zero-order valence-corrected chi connectivity index (χ0v) is 15.4. The number of methoxy groups -OCH3 is 3. The molecular formula is C20H21NO6. The van der Waals surface area contributed by atoms with Crippen LogP contribution in [0, 0.1) is 0 Å². The zero-order chi connectivity index (χ0) is 19.4. The van der Waals surface area contributed by atoms with Crippen LogP contribution >= 0.6 is 0 Å². The fraction of sp³-hybridized carbons (Fsp3) is 0.300. The molecule has 0 N–H and O–H groups in total. The molecule has 0 radical (unpaired) electrons. The number of hydrogen-bond acceptors (Lipinski definition) is 6. The molecule has 7 nitrogen and oxygen atoms in total. The largest absolute Gasteiger partial charge is 0.496 e. The van der Waals surface area contributed by atoms with Crippen molar-refractivity contribution < 1.29 is 28.5 Å². The maximum absolute atomic E-state index is 13.0. The molecule has 2 aromatic rings. The van der Waals surface area contributed by atoms with Crippen LogP contribution in [0.3, 0.4) is 0 Å². The second-order valence-corrected chi connectivity index (χ2v) is 5.95. The van der Waals surface area contributed by atoms with E-state index in [1.54, 1.807) is 12.1 Å². The average Bonchev–Trinajstić information content (AvgIpc) is 3.10. The number of nitrogens with zero attached hydrogens (tertiary/aromatic N) is 1. The molecule has 0 aromatic heterocycles. The van der Waals surface area contributed by atoms with E-state index in [4.69, 9.17) is 18.9 Å². The van der Waals surface area contributed by atoms with Crippen molar-refractivity contribution in [2.45, 2.75) is 12.5 Å². The van der Waals surface area contributed by atoms with Crippen LogP contribution in [0.1, 0.15) is 17.2 Å². The Kier molecular flexibility index (Phi) is 5.49. The van der Waals surface area contributed by atoms with Crippen molar-refractivity contribution in [3.8, 4) is 17.2 Å². The van der Waals surface area contributed by atoms with Gasteiger partial charge in [-0.15, -0.1) is 0 Å². The highest BCUT2D eigenvalue weighted by Crippen LogP contribution is 2.36. The summed E-state index contributed by atoms with van der Waals surface area (Å²) < 4.78 is 21.1. The number of amides is 2. The molecule has 7 heteroatoms. The molecule has 0 aliphatic carbocycles. The Labute approximate surface area is 157 Å². The minimum atomic E-state index is -0.653. The number of hydrogen-bond donors (Lipinski definition) is 0. The fourth-order valence-electron chi connectivity index (χ4n) is 3.11. The highest BCUT2D eigenvalue weighted by Gasteiger charge is 2.39. The summed E-state index contributed by atoms with van der Waals surface area (Å²) in [7, 11) is 4.53. The lowest BCUT2D eigenvalue weighted by Gasteiger charge is -2.21. The Hall–Kier alpha value is -3.22. The molecule has 27 heavy (non-hydrogen) atoms. The molecular weight excluding hydrogens is 350 g/mol. The van der Waals surface area contributed by atoms with Gasteiger partial charge in [-0.3, -0.25) is 4.79 Å². The lowest BCUT2D eigenvalue weighted by atomic mass is 10.0. The van der Waals surface area contributed by atoms with Crippen LogP contribution in [-0.2, 0) is 16.0 Å². The van der Waals surface area contributed by atoms with Gasteiger partial charge < -0.3 is 18.9 Å². The molecule has 2 amide bonds. The van der Waals surface area contributed by atoms with Gasteiger partial charge in [-0.2, -0.15) is 0 Å². The molecule has 1 fully saturated rings. The third-order valence-electron chi connectivity index (χ3n) is 4.47. The second kappa shape index (κ2) is 7.99. The van der Waals surface area contributed by atoms with E-state index >= 15 is 0 Å². The normalized spacial score (nSPS) is 16.0. The molecule has 142 valence electrons. The van der Waals surface area contributed by atoms with Crippen LogP contribution < -0.4 is 14.2 Å². The predicted molar refractivity (Wildman–Crippen MR) is 97.2 cm³/mol. The van der Waals surface area contributed by atoms with Crippen LogP contribution in [0.15, 0.2) is 42.5 Å². The molecule has 0 saturated carbocycles. The number of carbonyl (C=O) groups excluding carboxylic acids is 2. The lowest BCUT2D eigenvalue weighted by Crippen LogP contribution is -2.35. The Bertz CT molecular complexity index is 811. The Morgan fingerprint density at radius 1 is 1.07 bits per heavy atom. The zero-order valence-electron chi connectivity index (χ0n) is 15.4. The Morgan fingerprint density at radius 3 is 2.26 bits per heavy atom. The van der Waals surface area contributed by atoms with E-state index in [1.165, 1.54) is 21.3 Å². The highest BCUT2D eigenvalue weighted by molar-refractivity contribution is 5.95. The number of carbonyl (C=O) groups is 2. The first-order valence-corrected chi connectivity index (χ1v) is 8.41. The summed E-state index contributed by atoms with van der Waals surface area (Å²) in [6, 6.07) is 12.2. The van der Waals surface area contributed by atoms with Gasteiger partial charge in [0.25, 0.3) is 0 Å². The SMILES string of the molecule is COc1cc(OC)c(CC(=O)N2C(=O)OC[C@@H]2c2ccccc2)c(OC)c1. The molecule has 3 rings (SSSR count). The van der Waals surface area contributed by atoms with Crippen LogP contribution in [0.5, 0.6) is 17.2 Å². The van der Waals surface area contributed by atoms with E-state index in [1.807, 2.05) is 30.3 Å². The first kappa shape index (κ1) is 18.6. The van der Waals surface area contributed by atoms with Crippen molar-refractivity contribution in [3.05, 3.63) is 53.6 Å². The van der Waals surface area contributed by atoms with Crippen molar-refractivity contribution in [1.29, 1.82) is 0 Å². The van der Waals surface area contributed by atoms with Gasteiger partial charge in [0.1, 0.15) is 29.9 Å². The molecule has 0 bridgehead atoms. The van der Waals surface area contributed by atoms with E-state index in [0.29, 0.717) is 22.8 Å². The topological polar surface area (TPSA) is 74.3 Å². The summed E-state index contributed by atoms with van der Waals surface area (Å²) in [4.78, 5) is 26.3. The van der Waals surface area contributed by atoms with Crippen LogP contribution in [0.4, 0.5) is 4.79 Å². The van der Waals surface area contributed by atoms with Gasteiger partial charge in [-0.1, -0.05) is 30.3 Å². The van der Waals surface area contributed by atoms with Gasteiger partial charge >= 0.3 is 6.09 Å². The summed E-state index contributed by atoms with van der Waals surface area (Å²) in [6.07, 6.45) is -0.727. The Morgan fingerprint density at radius 2 is 1.70 bits per heavy atom. The standard InChI is InChI=1S/C20H21NO6/c1-24-14-9-17(25-2)15(18(10-14)26-3)11-19(22)21-16(12-27-20(21)23)13-7-5-4-6-8-13/h4-10,16H,11-12H2,1-3H3/t16-/m1/s1. The monoisotopic (exact) mass is 371 g/mol. The van der Waals surface area contributed by atoms with Crippen LogP contribution in [0.2, 0.25) is 0 Å². The van der Waals surface area contributed by atoms with Gasteiger partial charge in [-0.05, 0) is 5.56 Å². The second-order valence-electron chi connectivity index (χ2n) is 5.95. The number of imide groups is 1. The summed E-state index contributed by atoms with van der Waals surface area (Å²) in [6.45, 7) is 0.130. The number of rotatable bonds is 6. The van der Waals surface area contributed by atoms with Gasteiger partial charge in [0.15, 0.2) is 0 Å². The van der Waals surface area contributed by atoms with Crippen molar-refractivity contribution >= 4 is 12.0 Å². The van der Waals surface area contributed by atoms with E-state index in [-0.39, 0.29) is 13.0 Å². The summed E-state index contributed by atoms with van der Waals surface area (Å²) in [5, 5.41) is 0. The predicted octanol–water partition coefficient (Wildman–Crippen LogP) is 2.98. The van der Waals surface area contributed by atoms with E-state index < -0.39 is 18.0 Å². The fourth-order valence-corrected chi connectivity index (χ4v) is 3.11. The van der Waals surface area contributed by atoms with Gasteiger partial charge in [0.2, 0.25) is 5.91 Å². The number of ether oxygens (including phenoxy) is 4. The van der Waals surface area contributed by atoms with Crippen LogP contribution in [0.25, 0.3) is 0 Å². The van der Waals surface area contributed by atoms with Crippen molar-refractivity contribution in [2.24, 2.45) is 0 Å². The minimum absolute atomic E-state index is 0.0746. The molecule has 1 saturated heterocycles. The minimum Gasteiger partial charge on any atom is -0.496 e. The maximum atomic E-state index is 13.0. The quantitative estimate of drug-likeness (QED) is 0.777. The van der Waals surface area contributed by atoms with Gasteiger partial charge in [0, 0.05) is 17.7 Å². The molecule has 0 unspecified atom stereocenters. The first-order chi connectivity index (χ1) is 13.1.